The Morgan fingerprint density at radius 2 is 1.11 bits per heavy atom. The van der Waals surface area contributed by atoms with E-state index in [1.807, 2.05) is 0 Å². The van der Waals surface area contributed by atoms with Gasteiger partial charge in [-0.3, -0.25) is 9.35 Å². The second-order valence-electron chi connectivity index (χ2n) is 7.69. The van der Waals surface area contributed by atoms with Gasteiger partial charge in [-0.05, 0) is 12.8 Å². The van der Waals surface area contributed by atoms with Gasteiger partial charge in [0.25, 0.3) is 10.1 Å². The van der Waals surface area contributed by atoms with Crippen LogP contribution in [0.4, 0.5) is 0 Å². The Kier molecular flexibility index (Phi) is 18.3. The zero-order chi connectivity index (χ0) is 20.2. The summed E-state index contributed by atoms with van der Waals surface area (Å²) >= 11 is 0. The van der Waals surface area contributed by atoms with Crippen molar-refractivity contribution in [1.29, 1.82) is 0 Å². The average Bonchev–Trinajstić information content (AvgIpc) is 2.61. The van der Waals surface area contributed by atoms with Crippen LogP contribution in [-0.4, -0.2) is 31.2 Å². The van der Waals surface area contributed by atoms with E-state index in [2.05, 4.69) is 12.2 Å². The predicted octanol–water partition coefficient (Wildman–Crippen LogP) is 5.64. The molecule has 0 aliphatic rings. The lowest BCUT2D eigenvalue weighted by atomic mass is 10.0. The van der Waals surface area contributed by atoms with Crippen LogP contribution in [0.25, 0.3) is 0 Å². The minimum atomic E-state index is -3.92. The Hall–Kier alpha value is -0.620. The smallest absolute Gasteiger partial charge is 0.264 e. The highest BCUT2D eigenvalue weighted by Crippen LogP contribution is 2.13. The van der Waals surface area contributed by atoms with Crippen molar-refractivity contribution in [3.63, 3.8) is 0 Å². The molecule has 0 aromatic carbocycles. The number of rotatable bonds is 20. The molecule has 0 aliphatic heterocycles. The van der Waals surface area contributed by atoms with Crippen LogP contribution in [0.3, 0.4) is 0 Å². The Morgan fingerprint density at radius 3 is 1.52 bits per heavy atom. The quantitative estimate of drug-likeness (QED) is 0.203. The first-order chi connectivity index (χ1) is 13.0. The molecule has 1 amide bonds. The van der Waals surface area contributed by atoms with Crippen LogP contribution < -0.4 is 5.32 Å². The highest BCUT2D eigenvalue weighted by molar-refractivity contribution is 7.85. The first kappa shape index (κ1) is 26.4. The monoisotopic (exact) mass is 405 g/mol. The number of unbranched alkanes of at least 4 members (excludes halogenated alkanes) is 14. The molecule has 0 aromatic heterocycles. The molecule has 2 N–H and O–H groups in total. The largest absolute Gasteiger partial charge is 0.356 e. The fourth-order valence-electron chi connectivity index (χ4n) is 3.23. The second-order valence-corrected chi connectivity index (χ2v) is 9.26. The fraction of sp³-hybridized carbons (Fsp3) is 0.952. The third-order valence-corrected chi connectivity index (χ3v) is 5.71. The van der Waals surface area contributed by atoms with Crippen molar-refractivity contribution in [1.82, 2.24) is 5.32 Å². The van der Waals surface area contributed by atoms with Crippen molar-refractivity contribution < 1.29 is 17.8 Å². The van der Waals surface area contributed by atoms with Gasteiger partial charge in [0, 0.05) is 13.0 Å². The van der Waals surface area contributed by atoms with Crippen molar-refractivity contribution in [2.24, 2.45) is 0 Å². The molecule has 5 nitrogen and oxygen atoms in total. The van der Waals surface area contributed by atoms with Gasteiger partial charge in [0.2, 0.25) is 5.91 Å². The van der Waals surface area contributed by atoms with Gasteiger partial charge in [-0.1, -0.05) is 96.8 Å². The summed E-state index contributed by atoms with van der Waals surface area (Å²) in [7, 11) is -3.92. The molecule has 0 unspecified atom stereocenters. The van der Waals surface area contributed by atoms with Crippen molar-refractivity contribution in [3.8, 4) is 0 Å². The predicted molar refractivity (Wildman–Crippen MR) is 114 cm³/mol. The van der Waals surface area contributed by atoms with E-state index >= 15 is 0 Å². The van der Waals surface area contributed by atoms with Crippen LogP contribution in [0.5, 0.6) is 0 Å². The molecule has 0 spiro atoms. The lowest BCUT2D eigenvalue weighted by Gasteiger charge is -2.05. The summed E-state index contributed by atoms with van der Waals surface area (Å²) in [5, 5.41) is 2.69. The van der Waals surface area contributed by atoms with Gasteiger partial charge in [0.05, 0.1) is 5.75 Å². The zero-order valence-electron chi connectivity index (χ0n) is 17.5. The highest BCUT2D eigenvalue weighted by atomic mass is 32.2. The summed E-state index contributed by atoms with van der Waals surface area (Å²) in [6.07, 6.45) is 20.3. The molecular weight excluding hydrogens is 362 g/mol. The number of carbonyl (C=O) groups is 1. The maximum atomic E-state index is 11.6. The normalized spacial score (nSPS) is 11.6. The fourth-order valence-corrected chi connectivity index (χ4v) is 3.74. The van der Waals surface area contributed by atoms with Gasteiger partial charge >= 0.3 is 0 Å². The average molecular weight is 406 g/mol. The number of nitrogens with one attached hydrogen (secondary N) is 1. The van der Waals surface area contributed by atoms with Crippen molar-refractivity contribution >= 4 is 16.0 Å². The molecule has 0 radical (unpaired) electrons. The van der Waals surface area contributed by atoms with E-state index in [1.54, 1.807) is 0 Å². The Morgan fingerprint density at radius 1 is 0.704 bits per heavy atom. The summed E-state index contributed by atoms with van der Waals surface area (Å²) in [5.41, 5.74) is 0. The van der Waals surface area contributed by atoms with Crippen LogP contribution in [0.2, 0.25) is 0 Å². The van der Waals surface area contributed by atoms with Crippen LogP contribution in [0.1, 0.15) is 116 Å². The zero-order valence-corrected chi connectivity index (χ0v) is 18.3. The number of hydrogen-bond acceptors (Lipinski definition) is 3. The van der Waals surface area contributed by atoms with E-state index in [0.717, 1.165) is 12.8 Å². The number of hydrogen-bond donors (Lipinski definition) is 2. The molecule has 0 bridgehead atoms. The Bertz CT molecular complexity index is 437. The first-order valence-corrected chi connectivity index (χ1v) is 12.8. The van der Waals surface area contributed by atoms with E-state index in [1.165, 1.54) is 83.5 Å². The molecule has 0 aromatic rings. The van der Waals surface area contributed by atoms with Gasteiger partial charge < -0.3 is 5.32 Å². The van der Waals surface area contributed by atoms with Crippen LogP contribution in [-0.2, 0) is 14.9 Å². The maximum Gasteiger partial charge on any atom is 0.264 e. The minimum Gasteiger partial charge on any atom is -0.356 e. The first-order valence-electron chi connectivity index (χ1n) is 11.2. The molecule has 0 heterocycles. The van der Waals surface area contributed by atoms with E-state index in [4.69, 9.17) is 4.55 Å². The minimum absolute atomic E-state index is 0.0277. The summed E-state index contributed by atoms with van der Waals surface area (Å²) in [6, 6.07) is 0. The summed E-state index contributed by atoms with van der Waals surface area (Å²) in [5.74, 6) is -0.327. The molecule has 0 rings (SSSR count). The molecule has 27 heavy (non-hydrogen) atoms. The third-order valence-electron chi connectivity index (χ3n) is 4.91. The lowest BCUT2D eigenvalue weighted by molar-refractivity contribution is -0.121. The van der Waals surface area contributed by atoms with E-state index in [9.17, 15) is 13.2 Å². The molecule has 0 saturated carbocycles. The Balaban J connectivity index is 3.19. The van der Waals surface area contributed by atoms with Gasteiger partial charge in [0.1, 0.15) is 0 Å². The van der Waals surface area contributed by atoms with Crippen molar-refractivity contribution in [2.45, 2.75) is 116 Å². The standard InChI is InChI=1S/C21H43NO4S/c1-2-3-4-5-6-7-8-9-10-11-12-13-14-15-16-18-21(23)22-19-17-20-27(24,25)26/h2-20H2,1H3,(H,22,23)(H,24,25,26). The summed E-state index contributed by atoms with van der Waals surface area (Å²) < 4.78 is 29.7. The summed E-state index contributed by atoms with van der Waals surface area (Å²) in [4.78, 5) is 11.6. The topological polar surface area (TPSA) is 83.5 Å². The highest BCUT2D eigenvalue weighted by Gasteiger charge is 2.05. The van der Waals surface area contributed by atoms with Gasteiger partial charge in [-0.25, -0.2) is 0 Å². The Labute approximate surface area is 167 Å². The number of carbonyl (C=O) groups excluding carboxylic acids is 1. The summed E-state index contributed by atoms with van der Waals surface area (Å²) in [6.45, 7) is 2.56. The van der Waals surface area contributed by atoms with Gasteiger partial charge in [-0.2, -0.15) is 8.42 Å². The lowest BCUT2D eigenvalue weighted by Crippen LogP contribution is -2.25. The molecule has 162 valence electrons. The third kappa shape index (κ3) is 23.3. The molecule has 6 heteroatoms. The molecule has 0 aliphatic carbocycles. The van der Waals surface area contributed by atoms with Crippen molar-refractivity contribution in [3.05, 3.63) is 0 Å². The van der Waals surface area contributed by atoms with Crippen molar-refractivity contribution in [2.75, 3.05) is 12.3 Å². The molecule has 0 fully saturated rings. The molecular formula is C21H43NO4S. The van der Waals surface area contributed by atoms with E-state index in [0.29, 0.717) is 13.0 Å². The molecule has 0 atom stereocenters. The van der Waals surface area contributed by atoms with Crippen LogP contribution in [0.15, 0.2) is 0 Å². The second kappa shape index (κ2) is 18.7. The SMILES string of the molecule is CCCCCCCCCCCCCCCCCC(=O)NCCCS(=O)(=O)O. The van der Waals surface area contributed by atoms with Gasteiger partial charge in [0.15, 0.2) is 0 Å². The van der Waals surface area contributed by atoms with E-state index in [-0.39, 0.29) is 18.1 Å². The number of amides is 1. The van der Waals surface area contributed by atoms with E-state index < -0.39 is 10.1 Å². The van der Waals surface area contributed by atoms with Crippen LogP contribution in [0, 0.1) is 0 Å². The molecule has 0 saturated heterocycles. The maximum absolute atomic E-state index is 11.6. The van der Waals surface area contributed by atoms with Gasteiger partial charge in [-0.15, -0.1) is 0 Å². The van der Waals surface area contributed by atoms with Crippen LogP contribution >= 0.6 is 0 Å².